The third kappa shape index (κ3) is 3.02. The zero-order chi connectivity index (χ0) is 15.8. The van der Waals surface area contributed by atoms with Crippen LogP contribution < -0.4 is 0 Å². The van der Waals surface area contributed by atoms with Crippen molar-refractivity contribution in [2.45, 2.75) is 38.9 Å². The van der Waals surface area contributed by atoms with Crippen molar-refractivity contribution in [1.29, 1.82) is 0 Å². The summed E-state index contributed by atoms with van der Waals surface area (Å²) >= 11 is 3.06. The third-order valence-electron chi connectivity index (χ3n) is 4.80. The van der Waals surface area contributed by atoms with Crippen molar-refractivity contribution in [3.63, 3.8) is 0 Å². The van der Waals surface area contributed by atoms with E-state index in [1.807, 2.05) is 17.8 Å². The van der Waals surface area contributed by atoms with Crippen molar-refractivity contribution in [2.75, 3.05) is 13.1 Å². The Bertz CT molecular complexity index is 686. The highest BCUT2D eigenvalue weighted by Gasteiger charge is 2.40. The van der Waals surface area contributed by atoms with E-state index in [1.165, 1.54) is 16.4 Å². The number of amides is 1. The van der Waals surface area contributed by atoms with Crippen LogP contribution in [0.4, 0.5) is 0 Å². The number of hydrogen-bond acceptors (Lipinski definition) is 7. The monoisotopic (exact) mass is 349 g/mol. The quantitative estimate of drug-likeness (QED) is 0.844. The van der Waals surface area contributed by atoms with Crippen LogP contribution in [0.1, 0.15) is 29.1 Å². The van der Waals surface area contributed by atoms with E-state index in [0.717, 1.165) is 43.9 Å². The molecule has 0 aromatic carbocycles. The number of nitrogens with zero attached hydrogens (tertiary/aromatic N) is 5. The van der Waals surface area contributed by atoms with E-state index in [0.29, 0.717) is 18.5 Å². The molecular formula is C15H19N5OS2. The Morgan fingerprint density at radius 2 is 2.22 bits per heavy atom. The number of thiazole rings is 1. The summed E-state index contributed by atoms with van der Waals surface area (Å²) in [6.45, 7) is 5.29. The van der Waals surface area contributed by atoms with Crippen molar-refractivity contribution in [3.8, 4) is 0 Å². The van der Waals surface area contributed by atoms with Gasteiger partial charge in [-0.25, -0.2) is 4.98 Å². The summed E-state index contributed by atoms with van der Waals surface area (Å²) < 4.78 is 4.02. The van der Waals surface area contributed by atoms with Gasteiger partial charge in [-0.2, -0.15) is 0 Å². The second-order valence-corrected chi connectivity index (χ2v) is 7.91. The SMILES string of the molecule is Cc1nnsc1CN1C[C@H]2CC[C@@H](C1)N(Cc1cscn1)C2=O. The minimum absolute atomic E-state index is 0.119. The molecule has 0 radical (unpaired) electrons. The molecule has 8 heteroatoms. The van der Waals surface area contributed by atoms with Gasteiger partial charge >= 0.3 is 0 Å². The van der Waals surface area contributed by atoms with Crippen LogP contribution in [0.2, 0.25) is 0 Å². The second-order valence-electron chi connectivity index (χ2n) is 6.35. The van der Waals surface area contributed by atoms with Gasteiger partial charge < -0.3 is 4.90 Å². The van der Waals surface area contributed by atoms with Gasteiger partial charge in [0, 0.05) is 31.1 Å². The van der Waals surface area contributed by atoms with E-state index in [9.17, 15) is 4.79 Å². The maximum Gasteiger partial charge on any atom is 0.227 e. The average molecular weight is 349 g/mol. The van der Waals surface area contributed by atoms with E-state index in [2.05, 4.69) is 24.4 Å². The molecule has 0 N–H and O–H groups in total. The number of piperidine rings is 1. The Balaban J connectivity index is 1.51. The van der Waals surface area contributed by atoms with E-state index < -0.39 is 0 Å². The molecule has 1 amide bonds. The van der Waals surface area contributed by atoms with Gasteiger partial charge in [0.15, 0.2) is 0 Å². The molecule has 0 aliphatic carbocycles. The highest BCUT2D eigenvalue weighted by atomic mass is 32.1. The Hall–Kier alpha value is -1.38. The fourth-order valence-electron chi connectivity index (χ4n) is 3.56. The molecule has 2 atom stereocenters. The summed E-state index contributed by atoms with van der Waals surface area (Å²) in [4.78, 5) is 22.8. The topological polar surface area (TPSA) is 62.2 Å². The first-order chi connectivity index (χ1) is 11.2. The summed E-state index contributed by atoms with van der Waals surface area (Å²) in [6, 6.07) is 0.295. The zero-order valence-corrected chi connectivity index (χ0v) is 14.6. The molecular weight excluding hydrogens is 330 g/mol. The Labute approximate surface area is 143 Å². The molecule has 122 valence electrons. The van der Waals surface area contributed by atoms with Gasteiger partial charge in [-0.1, -0.05) is 4.49 Å². The van der Waals surface area contributed by atoms with Crippen molar-refractivity contribution < 1.29 is 4.79 Å². The first kappa shape index (κ1) is 15.2. The lowest BCUT2D eigenvalue weighted by Crippen LogP contribution is -2.47. The van der Waals surface area contributed by atoms with Gasteiger partial charge in [-0.3, -0.25) is 9.69 Å². The minimum atomic E-state index is 0.119. The fourth-order valence-corrected chi connectivity index (χ4v) is 4.78. The van der Waals surface area contributed by atoms with Crippen LogP contribution in [-0.2, 0) is 17.9 Å². The number of aryl methyl sites for hydroxylation is 1. The predicted octanol–water partition coefficient (Wildman–Crippen LogP) is 1.93. The lowest BCUT2D eigenvalue weighted by molar-refractivity contribution is -0.140. The molecule has 23 heavy (non-hydrogen) atoms. The van der Waals surface area contributed by atoms with Crippen LogP contribution >= 0.6 is 22.9 Å². The minimum Gasteiger partial charge on any atom is -0.332 e. The molecule has 6 nitrogen and oxygen atoms in total. The standard InChI is InChI=1S/C15H19N5OS2/c1-10-14(23-18-17-10)7-19-4-11-2-3-13(6-19)20(15(11)21)5-12-8-22-9-16-12/h8-9,11,13H,2-7H2,1H3/t11-,13+/m1/s1. The molecule has 3 saturated heterocycles. The van der Waals surface area contributed by atoms with Crippen LogP contribution in [-0.4, -0.2) is 49.4 Å². The van der Waals surface area contributed by atoms with Crippen molar-refractivity contribution >= 4 is 28.8 Å². The van der Waals surface area contributed by atoms with Crippen LogP contribution in [0, 0.1) is 12.8 Å². The summed E-state index contributed by atoms with van der Waals surface area (Å²) in [6.07, 6.45) is 2.10. The average Bonchev–Trinajstić information content (AvgIpc) is 3.10. The molecule has 0 spiro atoms. The lowest BCUT2D eigenvalue weighted by atomic mass is 9.94. The smallest absolute Gasteiger partial charge is 0.227 e. The van der Waals surface area contributed by atoms with E-state index in [-0.39, 0.29) is 5.92 Å². The lowest BCUT2D eigenvalue weighted by Gasteiger charge is -2.35. The first-order valence-corrected chi connectivity index (χ1v) is 9.60. The number of rotatable bonds is 4. The van der Waals surface area contributed by atoms with Crippen LogP contribution in [0.3, 0.4) is 0 Å². The fraction of sp³-hybridized carbons (Fsp3) is 0.600. The molecule has 2 aromatic rings. The maximum atomic E-state index is 12.8. The molecule has 2 aromatic heterocycles. The van der Waals surface area contributed by atoms with E-state index in [1.54, 1.807) is 11.3 Å². The first-order valence-electron chi connectivity index (χ1n) is 7.88. The molecule has 2 bridgehead atoms. The van der Waals surface area contributed by atoms with E-state index >= 15 is 0 Å². The largest absolute Gasteiger partial charge is 0.332 e. The molecule has 3 aliphatic heterocycles. The molecule has 5 rings (SSSR count). The van der Waals surface area contributed by atoms with Crippen molar-refractivity contribution in [3.05, 3.63) is 27.2 Å². The summed E-state index contributed by atoms with van der Waals surface area (Å²) in [5, 5.41) is 6.13. The molecule has 0 unspecified atom stereocenters. The number of aromatic nitrogens is 3. The van der Waals surface area contributed by atoms with E-state index in [4.69, 9.17) is 0 Å². The maximum absolute atomic E-state index is 12.8. The summed E-state index contributed by atoms with van der Waals surface area (Å²) in [5.74, 6) is 0.421. The molecule has 3 fully saturated rings. The molecule has 0 saturated carbocycles. The number of carbonyl (C=O) groups is 1. The normalized spacial score (nSPS) is 25.1. The Morgan fingerprint density at radius 3 is 2.96 bits per heavy atom. The van der Waals surface area contributed by atoms with Gasteiger partial charge in [-0.05, 0) is 31.3 Å². The van der Waals surface area contributed by atoms with Gasteiger partial charge in [0.25, 0.3) is 0 Å². The number of hydrogen-bond donors (Lipinski definition) is 0. The van der Waals surface area contributed by atoms with Gasteiger partial charge in [0.2, 0.25) is 5.91 Å². The highest BCUT2D eigenvalue weighted by molar-refractivity contribution is 7.07. The second kappa shape index (κ2) is 6.26. The number of fused-ring (bicyclic) bond motifs is 4. The van der Waals surface area contributed by atoms with Crippen molar-refractivity contribution in [1.82, 2.24) is 24.4 Å². The summed E-state index contributed by atoms with van der Waals surface area (Å²) in [7, 11) is 0. The van der Waals surface area contributed by atoms with Crippen LogP contribution in [0.15, 0.2) is 10.9 Å². The van der Waals surface area contributed by atoms with Gasteiger partial charge in [0.1, 0.15) is 0 Å². The van der Waals surface area contributed by atoms with Crippen molar-refractivity contribution in [2.24, 2.45) is 5.92 Å². The molecule has 3 aliphatic rings. The third-order valence-corrected chi connectivity index (χ3v) is 6.24. The predicted molar refractivity (Wildman–Crippen MR) is 89.1 cm³/mol. The Kier molecular flexibility index (Phi) is 4.13. The Morgan fingerprint density at radius 1 is 1.30 bits per heavy atom. The van der Waals surface area contributed by atoms with Crippen LogP contribution in [0.5, 0.6) is 0 Å². The van der Waals surface area contributed by atoms with Gasteiger partial charge in [-0.15, -0.1) is 16.4 Å². The summed E-state index contributed by atoms with van der Waals surface area (Å²) in [5.41, 5.74) is 3.85. The zero-order valence-electron chi connectivity index (χ0n) is 13.0. The molecule has 5 heterocycles. The van der Waals surface area contributed by atoms with Gasteiger partial charge in [0.05, 0.1) is 34.2 Å². The highest BCUT2D eigenvalue weighted by Crippen LogP contribution is 2.31. The van der Waals surface area contributed by atoms with Crippen LogP contribution in [0.25, 0.3) is 0 Å². The number of carbonyl (C=O) groups excluding carboxylic acids is 1.